The van der Waals surface area contributed by atoms with Crippen LogP contribution in [0.3, 0.4) is 0 Å². The highest BCUT2D eigenvalue weighted by Gasteiger charge is 2.17. The predicted molar refractivity (Wildman–Crippen MR) is 54.2 cm³/mol. The number of aryl methyl sites for hydroxylation is 2. The highest BCUT2D eigenvalue weighted by Crippen LogP contribution is 2.11. The van der Waals surface area contributed by atoms with Gasteiger partial charge in [0.2, 0.25) is 10.0 Å². The standard InChI is InChI=1S/C8H12N2O5S/c1-5-7(6(2)15-10-5)3-9-16(13,14)4-8(11)12/h9H,3-4H2,1-2H3,(H,11,12). The molecular weight excluding hydrogens is 236 g/mol. The highest BCUT2D eigenvalue weighted by molar-refractivity contribution is 7.90. The molecule has 0 unspecified atom stereocenters. The highest BCUT2D eigenvalue weighted by atomic mass is 32.2. The average Bonchev–Trinajstić information content (AvgIpc) is 2.41. The molecule has 90 valence electrons. The Bertz CT molecular complexity index is 471. The number of hydrogen-bond acceptors (Lipinski definition) is 5. The summed E-state index contributed by atoms with van der Waals surface area (Å²) in [4.78, 5) is 10.3. The lowest BCUT2D eigenvalue weighted by molar-refractivity contribution is -0.134. The van der Waals surface area contributed by atoms with Crippen molar-refractivity contribution in [2.75, 3.05) is 5.75 Å². The van der Waals surface area contributed by atoms with E-state index in [0.717, 1.165) is 0 Å². The third kappa shape index (κ3) is 3.31. The van der Waals surface area contributed by atoms with Gasteiger partial charge in [0.1, 0.15) is 5.76 Å². The third-order valence-corrected chi connectivity index (χ3v) is 3.17. The van der Waals surface area contributed by atoms with Gasteiger partial charge in [-0.3, -0.25) is 4.79 Å². The van der Waals surface area contributed by atoms with Gasteiger partial charge >= 0.3 is 5.97 Å². The van der Waals surface area contributed by atoms with Crippen LogP contribution >= 0.6 is 0 Å². The minimum absolute atomic E-state index is 0.0171. The first-order valence-corrected chi connectivity index (χ1v) is 6.08. The molecule has 0 aliphatic heterocycles. The lowest BCUT2D eigenvalue weighted by Crippen LogP contribution is -2.29. The summed E-state index contributed by atoms with van der Waals surface area (Å²) in [5.41, 5.74) is 1.20. The van der Waals surface area contributed by atoms with Crippen LogP contribution in [0, 0.1) is 13.8 Å². The van der Waals surface area contributed by atoms with Crippen molar-refractivity contribution in [1.82, 2.24) is 9.88 Å². The third-order valence-electron chi connectivity index (χ3n) is 1.96. The van der Waals surface area contributed by atoms with Gasteiger partial charge in [-0.05, 0) is 13.8 Å². The number of aliphatic carboxylic acids is 1. The molecule has 0 aliphatic carbocycles. The largest absolute Gasteiger partial charge is 0.480 e. The van der Waals surface area contributed by atoms with Crippen LogP contribution in [0.15, 0.2) is 4.52 Å². The molecule has 1 rings (SSSR count). The predicted octanol–water partition coefficient (Wildman–Crippen LogP) is -0.205. The van der Waals surface area contributed by atoms with Crippen molar-refractivity contribution in [1.29, 1.82) is 0 Å². The van der Waals surface area contributed by atoms with Crippen molar-refractivity contribution in [3.8, 4) is 0 Å². The van der Waals surface area contributed by atoms with Crippen LogP contribution in [-0.2, 0) is 21.4 Å². The fourth-order valence-corrected chi connectivity index (χ4v) is 1.94. The Balaban J connectivity index is 2.68. The summed E-state index contributed by atoms with van der Waals surface area (Å²) < 4.78 is 29.4. The molecule has 0 amide bonds. The van der Waals surface area contributed by atoms with E-state index in [1.54, 1.807) is 13.8 Å². The summed E-state index contributed by atoms with van der Waals surface area (Å²) in [5, 5.41) is 12.0. The van der Waals surface area contributed by atoms with E-state index in [1.165, 1.54) is 0 Å². The van der Waals surface area contributed by atoms with Crippen molar-refractivity contribution < 1.29 is 22.8 Å². The molecule has 0 spiro atoms. The summed E-state index contributed by atoms with van der Waals surface area (Å²) >= 11 is 0. The van der Waals surface area contributed by atoms with Crippen molar-refractivity contribution in [3.05, 3.63) is 17.0 Å². The van der Waals surface area contributed by atoms with E-state index < -0.39 is 21.7 Å². The topological polar surface area (TPSA) is 110 Å². The number of nitrogens with one attached hydrogen (secondary N) is 1. The lowest BCUT2D eigenvalue weighted by atomic mass is 10.2. The van der Waals surface area contributed by atoms with Gasteiger partial charge in [-0.2, -0.15) is 0 Å². The van der Waals surface area contributed by atoms with E-state index >= 15 is 0 Å². The number of aromatic nitrogens is 1. The van der Waals surface area contributed by atoms with Gasteiger partial charge in [0, 0.05) is 12.1 Å². The van der Waals surface area contributed by atoms with Crippen LogP contribution in [0.1, 0.15) is 17.0 Å². The molecule has 0 saturated carbocycles. The van der Waals surface area contributed by atoms with E-state index in [0.29, 0.717) is 17.0 Å². The maximum absolute atomic E-state index is 11.2. The molecule has 0 aliphatic rings. The second kappa shape index (κ2) is 4.62. The molecule has 16 heavy (non-hydrogen) atoms. The number of carbonyl (C=O) groups is 1. The summed E-state index contributed by atoms with van der Waals surface area (Å²) in [5.74, 6) is -1.84. The van der Waals surface area contributed by atoms with Gasteiger partial charge < -0.3 is 9.63 Å². The Morgan fingerprint density at radius 2 is 2.12 bits per heavy atom. The number of hydrogen-bond donors (Lipinski definition) is 2. The molecule has 2 N–H and O–H groups in total. The van der Waals surface area contributed by atoms with Gasteiger partial charge in [0.05, 0.1) is 5.69 Å². The maximum Gasteiger partial charge on any atom is 0.320 e. The Morgan fingerprint density at radius 3 is 2.56 bits per heavy atom. The Labute approximate surface area is 92.5 Å². The molecule has 1 aromatic heterocycles. The maximum atomic E-state index is 11.2. The number of carboxylic acid groups (broad SMARTS) is 1. The summed E-state index contributed by atoms with van der Waals surface area (Å²) in [6.07, 6.45) is 0. The van der Waals surface area contributed by atoms with E-state index in [1.807, 2.05) is 0 Å². The van der Waals surface area contributed by atoms with Gasteiger partial charge in [-0.1, -0.05) is 5.16 Å². The van der Waals surface area contributed by atoms with Crippen molar-refractivity contribution in [3.63, 3.8) is 0 Å². The van der Waals surface area contributed by atoms with Gasteiger partial charge in [-0.25, -0.2) is 13.1 Å². The molecular formula is C8H12N2O5S. The van der Waals surface area contributed by atoms with Crippen LogP contribution in [-0.4, -0.2) is 30.4 Å². The number of carboxylic acids is 1. The summed E-state index contributed by atoms with van der Waals surface area (Å²) in [6, 6.07) is 0. The zero-order valence-electron chi connectivity index (χ0n) is 8.85. The summed E-state index contributed by atoms with van der Waals surface area (Å²) in [6.45, 7) is 3.31. The van der Waals surface area contributed by atoms with Crippen LogP contribution in [0.25, 0.3) is 0 Å². The zero-order chi connectivity index (χ0) is 12.3. The SMILES string of the molecule is Cc1noc(C)c1CNS(=O)(=O)CC(=O)O. The minimum Gasteiger partial charge on any atom is -0.480 e. The Morgan fingerprint density at radius 1 is 1.50 bits per heavy atom. The molecule has 0 fully saturated rings. The van der Waals surface area contributed by atoms with Crippen molar-refractivity contribution in [2.45, 2.75) is 20.4 Å². The van der Waals surface area contributed by atoms with Gasteiger partial charge in [0.25, 0.3) is 0 Å². The molecule has 0 bridgehead atoms. The first-order chi connectivity index (χ1) is 7.32. The molecule has 0 atom stereocenters. The quantitative estimate of drug-likeness (QED) is 0.746. The van der Waals surface area contributed by atoms with Crippen molar-refractivity contribution in [2.24, 2.45) is 0 Å². The second-order valence-electron chi connectivity index (χ2n) is 3.28. The average molecular weight is 248 g/mol. The first-order valence-electron chi connectivity index (χ1n) is 4.42. The zero-order valence-corrected chi connectivity index (χ0v) is 9.67. The number of nitrogens with zero attached hydrogens (tertiary/aromatic N) is 1. The molecule has 0 aromatic carbocycles. The van der Waals surface area contributed by atoms with Crippen LogP contribution < -0.4 is 4.72 Å². The fraction of sp³-hybridized carbons (Fsp3) is 0.500. The smallest absolute Gasteiger partial charge is 0.320 e. The normalized spacial score (nSPS) is 11.6. The van der Waals surface area contributed by atoms with Crippen molar-refractivity contribution >= 4 is 16.0 Å². The second-order valence-corrected chi connectivity index (χ2v) is 5.08. The number of rotatable bonds is 5. The molecule has 8 heteroatoms. The monoisotopic (exact) mass is 248 g/mol. The molecule has 1 aromatic rings. The van der Waals surface area contributed by atoms with E-state index in [-0.39, 0.29) is 6.54 Å². The summed E-state index contributed by atoms with van der Waals surface area (Å²) in [7, 11) is -3.81. The van der Waals surface area contributed by atoms with Crippen LogP contribution in [0.4, 0.5) is 0 Å². The first kappa shape index (κ1) is 12.7. The molecule has 0 saturated heterocycles. The molecule has 0 radical (unpaired) electrons. The van der Waals surface area contributed by atoms with Gasteiger partial charge in [-0.15, -0.1) is 0 Å². The minimum atomic E-state index is -3.81. The van der Waals surface area contributed by atoms with E-state index in [2.05, 4.69) is 9.88 Å². The van der Waals surface area contributed by atoms with Gasteiger partial charge in [0.15, 0.2) is 5.75 Å². The molecule has 1 heterocycles. The lowest BCUT2D eigenvalue weighted by Gasteiger charge is -2.03. The molecule has 7 nitrogen and oxygen atoms in total. The Hall–Kier alpha value is -1.41. The van der Waals surface area contributed by atoms with E-state index in [9.17, 15) is 13.2 Å². The van der Waals surface area contributed by atoms with Crippen LogP contribution in [0.5, 0.6) is 0 Å². The van der Waals surface area contributed by atoms with E-state index in [4.69, 9.17) is 9.63 Å². The fourth-order valence-electron chi connectivity index (χ4n) is 1.15. The van der Waals surface area contributed by atoms with Crippen LogP contribution in [0.2, 0.25) is 0 Å². The number of sulfonamides is 1. The Kier molecular flexibility index (Phi) is 3.66.